The van der Waals surface area contributed by atoms with E-state index in [9.17, 15) is 14.4 Å². The number of aromatic amines is 2. The van der Waals surface area contributed by atoms with Gasteiger partial charge in [0.05, 0.1) is 11.9 Å². The second kappa shape index (κ2) is 7.47. The second-order valence-corrected chi connectivity index (χ2v) is 6.96. The van der Waals surface area contributed by atoms with Crippen molar-refractivity contribution in [3.05, 3.63) is 67.2 Å². The summed E-state index contributed by atoms with van der Waals surface area (Å²) in [6.07, 6.45) is 8.28. The molecule has 0 saturated heterocycles. The maximum atomic E-state index is 12.8. The summed E-state index contributed by atoms with van der Waals surface area (Å²) in [6.45, 7) is 5.14. The molecule has 2 N–H and O–H groups in total. The molecule has 0 atom stereocenters. The Morgan fingerprint density at radius 1 is 1.21 bits per heavy atom. The van der Waals surface area contributed by atoms with Gasteiger partial charge in [0.25, 0.3) is 5.56 Å². The van der Waals surface area contributed by atoms with E-state index in [1.807, 2.05) is 0 Å². The van der Waals surface area contributed by atoms with E-state index in [4.69, 9.17) is 4.74 Å². The topological polar surface area (TPSA) is 122 Å². The quantitative estimate of drug-likeness (QED) is 0.774. The number of allylic oxidation sites excluding steroid dienone is 2. The third-order valence-corrected chi connectivity index (χ3v) is 3.52. The van der Waals surface area contributed by atoms with Crippen LogP contribution < -0.4 is 21.9 Å². The van der Waals surface area contributed by atoms with Gasteiger partial charge in [-0.2, -0.15) is 4.57 Å². The average molecular weight is 381 g/mol. The number of carbonyl (C=O) groups excluding carboxylic acids is 1. The number of hydrogen-bond acceptors (Lipinski definition) is 6. The molecule has 0 fully saturated rings. The van der Waals surface area contributed by atoms with E-state index < -0.39 is 17.3 Å². The molecular weight excluding hydrogens is 362 g/mol. The summed E-state index contributed by atoms with van der Waals surface area (Å²) in [5.74, 6) is 0. The lowest BCUT2D eigenvalue weighted by molar-refractivity contribution is 0.0526. The van der Waals surface area contributed by atoms with Crippen molar-refractivity contribution in [1.82, 2.24) is 14.5 Å². The summed E-state index contributed by atoms with van der Waals surface area (Å²) in [6, 6.07) is 2.90. The lowest BCUT2D eigenvalue weighted by Crippen LogP contribution is -2.40. The van der Waals surface area contributed by atoms with Crippen molar-refractivity contribution in [2.45, 2.75) is 26.4 Å². The van der Waals surface area contributed by atoms with Crippen LogP contribution in [0.3, 0.4) is 0 Å². The van der Waals surface area contributed by atoms with Crippen LogP contribution in [0.4, 0.5) is 4.79 Å². The number of imidazole rings is 1. The molecule has 1 aliphatic heterocycles. The van der Waals surface area contributed by atoms with E-state index in [1.54, 1.807) is 45.2 Å². The number of carbonyl (C=O) groups is 1. The first kappa shape index (κ1) is 19.0. The van der Waals surface area contributed by atoms with Crippen LogP contribution in [0.5, 0.6) is 0 Å². The Morgan fingerprint density at radius 3 is 2.61 bits per heavy atom. The largest absolute Gasteiger partial charge is 0.443 e. The Kier molecular flexibility index (Phi) is 5.08. The zero-order valence-corrected chi connectivity index (χ0v) is 15.6. The summed E-state index contributed by atoms with van der Waals surface area (Å²) in [4.78, 5) is 49.9. The molecule has 0 unspecified atom stereocenters. The van der Waals surface area contributed by atoms with E-state index >= 15 is 0 Å². The standard InChI is InChI=1S/C19H19N5O4/c1-19(2,3)28-18(27)24-15(6-5-13-10-20-11-22-13)23-14(17(24)26)8-12-4-7-16(25)21-9-12/h4-11,23H,1-3H3,(H,21,25)/b13-5+,14-8-,15-6-. The molecule has 2 aromatic rings. The highest BCUT2D eigenvalue weighted by atomic mass is 16.6. The van der Waals surface area contributed by atoms with Crippen LogP contribution in [0.25, 0.3) is 12.2 Å². The summed E-state index contributed by atoms with van der Waals surface area (Å²) < 4.78 is 6.25. The molecule has 0 amide bonds. The highest BCUT2D eigenvalue weighted by Crippen LogP contribution is 2.07. The van der Waals surface area contributed by atoms with E-state index in [2.05, 4.69) is 20.0 Å². The van der Waals surface area contributed by atoms with Gasteiger partial charge in [-0.3, -0.25) is 9.59 Å². The molecule has 1 aliphatic rings. The molecule has 0 bridgehead atoms. The van der Waals surface area contributed by atoms with E-state index in [0.29, 0.717) is 11.3 Å². The Balaban J connectivity index is 2.16. The van der Waals surface area contributed by atoms with Gasteiger partial charge in [-0.05, 0) is 50.6 Å². The normalized spacial score (nSPS) is 16.3. The fraction of sp³-hybridized carbons (Fsp3) is 0.211. The van der Waals surface area contributed by atoms with Crippen molar-refractivity contribution >= 4 is 30.8 Å². The molecule has 9 heteroatoms. The monoisotopic (exact) mass is 381 g/mol. The summed E-state index contributed by atoms with van der Waals surface area (Å²) in [5, 5.41) is 0.158. The Labute approximate surface area is 159 Å². The van der Waals surface area contributed by atoms with Gasteiger partial charge in [-0.15, -0.1) is 0 Å². The van der Waals surface area contributed by atoms with Gasteiger partial charge in [0, 0.05) is 12.3 Å². The van der Waals surface area contributed by atoms with Crippen molar-refractivity contribution in [3.8, 4) is 0 Å². The van der Waals surface area contributed by atoms with Crippen LogP contribution in [-0.4, -0.2) is 38.8 Å². The van der Waals surface area contributed by atoms with Crippen molar-refractivity contribution in [2.75, 3.05) is 0 Å². The second-order valence-electron chi connectivity index (χ2n) is 6.96. The number of aromatic nitrogens is 3. The first-order valence-electron chi connectivity index (χ1n) is 8.45. The van der Waals surface area contributed by atoms with Gasteiger partial charge >= 0.3 is 6.09 Å². The number of hydrogen-bond donors (Lipinski definition) is 2. The zero-order chi connectivity index (χ0) is 20.3. The summed E-state index contributed by atoms with van der Waals surface area (Å²) in [5.41, 5.74) is -0.217. The minimum atomic E-state index is -0.803. The van der Waals surface area contributed by atoms with Crippen molar-refractivity contribution in [3.63, 3.8) is 0 Å². The number of pyridine rings is 1. The van der Waals surface area contributed by atoms with Gasteiger partial charge < -0.3 is 14.7 Å². The highest BCUT2D eigenvalue weighted by molar-refractivity contribution is 5.92. The number of H-pyrrole nitrogens is 2. The van der Waals surface area contributed by atoms with E-state index in [1.165, 1.54) is 24.7 Å². The predicted octanol–water partition coefficient (Wildman–Crippen LogP) is 0.254. The lowest BCUT2D eigenvalue weighted by Gasteiger charge is -2.18. The van der Waals surface area contributed by atoms with Crippen molar-refractivity contribution in [2.24, 2.45) is 9.98 Å². The third kappa shape index (κ3) is 4.50. The minimum Gasteiger partial charge on any atom is -0.443 e. The molecule has 0 aliphatic carbocycles. The molecule has 144 valence electrons. The molecule has 2 aromatic heterocycles. The van der Waals surface area contributed by atoms with Crippen LogP contribution >= 0.6 is 0 Å². The Bertz CT molecular complexity index is 1200. The molecule has 3 rings (SSSR count). The number of aliphatic imine (C=N–C) groups is 2. The molecule has 28 heavy (non-hydrogen) atoms. The highest BCUT2D eigenvalue weighted by Gasteiger charge is 2.20. The number of nitrogens with zero attached hydrogens (tertiary/aromatic N) is 3. The maximum Gasteiger partial charge on any atom is 0.423 e. The zero-order valence-electron chi connectivity index (χ0n) is 15.6. The van der Waals surface area contributed by atoms with Crippen LogP contribution in [0, 0.1) is 0 Å². The molecule has 9 nitrogen and oxygen atoms in total. The van der Waals surface area contributed by atoms with Crippen LogP contribution in [0.2, 0.25) is 0 Å². The summed E-state index contributed by atoms with van der Waals surface area (Å²) in [7, 11) is 0. The van der Waals surface area contributed by atoms with Crippen LogP contribution in [0.15, 0.2) is 49.7 Å². The molecule has 0 radical (unpaired) electrons. The Morgan fingerprint density at radius 2 is 2.00 bits per heavy atom. The number of rotatable bonds is 2. The minimum absolute atomic E-state index is 0.158. The van der Waals surface area contributed by atoms with Gasteiger partial charge in [0.15, 0.2) is 0 Å². The molecular formula is C19H19N5O4. The maximum absolute atomic E-state index is 12.8. The fourth-order valence-corrected chi connectivity index (χ4v) is 2.35. The first-order chi connectivity index (χ1) is 13.2. The van der Waals surface area contributed by atoms with Gasteiger partial charge in [-0.1, -0.05) is 0 Å². The van der Waals surface area contributed by atoms with Gasteiger partial charge in [-0.25, -0.2) is 14.8 Å². The average Bonchev–Trinajstić information content (AvgIpc) is 3.22. The van der Waals surface area contributed by atoms with Crippen LogP contribution in [0.1, 0.15) is 26.3 Å². The predicted molar refractivity (Wildman–Crippen MR) is 106 cm³/mol. The molecule has 0 aromatic carbocycles. The summed E-state index contributed by atoms with van der Waals surface area (Å²) >= 11 is 0. The number of ether oxygens (including phenoxy) is 1. The Hall–Kier alpha value is -3.75. The molecule has 0 saturated carbocycles. The van der Waals surface area contributed by atoms with Crippen molar-refractivity contribution in [1.29, 1.82) is 0 Å². The lowest BCUT2D eigenvalue weighted by atomic mass is 10.2. The smallest absolute Gasteiger partial charge is 0.423 e. The van der Waals surface area contributed by atoms with Gasteiger partial charge in [0.2, 0.25) is 5.56 Å². The third-order valence-electron chi connectivity index (χ3n) is 3.52. The van der Waals surface area contributed by atoms with E-state index in [-0.39, 0.29) is 16.4 Å². The molecule has 3 heterocycles. The fourth-order valence-electron chi connectivity index (χ4n) is 2.35. The molecule has 0 spiro atoms. The number of nitrogens with one attached hydrogen (secondary N) is 2. The first-order valence-corrected chi connectivity index (χ1v) is 8.45. The van der Waals surface area contributed by atoms with Crippen molar-refractivity contribution < 1.29 is 9.53 Å². The van der Waals surface area contributed by atoms with E-state index in [0.717, 1.165) is 4.57 Å². The van der Waals surface area contributed by atoms with Gasteiger partial charge in [0.1, 0.15) is 22.8 Å². The SMILES string of the molecule is CC(C)(C)OC(=O)n1c(=O)/c(=C/c2ccc(=O)[nH]c2)[nH]/c1=C/C=C1\C=NC=N1. The van der Waals surface area contributed by atoms with Crippen LogP contribution in [-0.2, 0) is 4.74 Å².